The molecule has 31 heteroatoms. The molecule has 0 spiro atoms. The molecule has 0 amide bonds. The Balaban J connectivity index is 6.11. The Labute approximate surface area is 274 Å². The van der Waals surface area contributed by atoms with Crippen molar-refractivity contribution in [3.63, 3.8) is 0 Å². The molecule has 0 aromatic carbocycles. The van der Waals surface area contributed by atoms with Crippen LogP contribution in [0.5, 0.6) is 0 Å². The van der Waals surface area contributed by atoms with Crippen LogP contribution in [0.15, 0.2) is 0 Å². The summed E-state index contributed by atoms with van der Waals surface area (Å²) in [6, 6.07) is 0. The average molecular weight is 858 g/mol. The second-order valence-corrected chi connectivity index (χ2v) is 10.6. The lowest BCUT2D eigenvalue weighted by atomic mass is 9.92. The molecule has 3 nitrogen and oxygen atoms in total. The zero-order chi connectivity index (χ0) is 42.0. The minimum Gasteiger partial charge on any atom is -0.478 e. The minimum absolute atomic E-state index is 0.541. The standard InChI is InChI=1S/C20H12F26O3S2/c1-4(9(21,22)11(25,26)13(29,30)15(33,34)17(37,38)19(41,42)43)48-7(50)3-6(47)8(51)49-5(2)10(23,24)12(27,28)14(31,32)16(35,36)18(39,40)20(44,45)46/h4-6,47H,3H2,1-2H3. The number of alkyl halides is 26. The van der Waals surface area contributed by atoms with Crippen molar-refractivity contribution in [2.45, 2.75) is 110 Å². The fourth-order valence-corrected chi connectivity index (χ4v) is 3.49. The van der Waals surface area contributed by atoms with Gasteiger partial charge in [-0.1, -0.05) is 0 Å². The van der Waals surface area contributed by atoms with E-state index in [4.69, 9.17) is 0 Å². The molecular weight excluding hydrogens is 846 g/mol. The molecule has 0 aromatic heterocycles. The second-order valence-electron chi connectivity index (χ2n) is 9.77. The van der Waals surface area contributed by atoms with E-state index in [1.165, 1.54) is 0 Å². The van der Waals surface area contributed by atoms with E-state index in [9.17, 15) is 119 Å². The Kier molecular flexibility index (Phi) is 13.1. The van der Waals surface area contributed by atoms with E-state index in [1.807, 2.05) is 0 Å². The van der Waals surface area contributed by atoms with Crippen molar-refractivity contribution in [1.29, 1.82) is 0 Å². The van der Waals surface area contributed by atoms with E-state index >= 15 is 0 Å². The first-order valence-corrected chi connectivity index (χ1v) is 12.6. The van der Waals surface area contributed by atoms with Crippen LogP contribution in [0.25, 0.3) is 0 Å². The Morgan fingerprint density at radius 3 is 0.922 bits per heavy atom. The smallest absolute Gasteiger partial charge is 0.460 e. The molecule has 0 aliphatic carbocycles. The molecule has 0 radical (unpaired) electrons. The molecular formula is C20H12F26O3S2. The number of rotatable bonds is 15. The largest absolute Gasteiger partial charge is 0.478 e. The van der Waals surface area contributed by atoms with E-state index < -0.39 is 120 Å². The first-order valence-electron chi connectivity index (χ1n) is 11.7. The Morgan fingerprint density at radius 1 is 0.431 bits per heavy atom. The van der Waals surface area contributed by atoms with Crippen LogP contribution in [0.2, 0.25) is 0 Å². The van der Waals surface area contributed by atoms with Crippen molar-refractivity contribution in [3.8, 4) is 0 Å². The van der Waals surface area contributed by atoms with E-state index in [-0.39, 0.29) is 0 Å². The van der Waals surface area contributed by atoms with Gasteiger partial charge in [0.1, 0.15) is 6.10 Å². The molecule has 3 unspecified atom stereocenters. The fraction of sp³-hybridized carbons (Fsp3) is 0.900. The van der Waals surface area contributed by atoms with Gasteiger partial charge >= 0.3 is 71.6 Å². The molecule has 3 atom stereocenters. The van der Waals surface area contributed by atoms with Crippen LogP contribution in [-0.2, 0) is 9.47 Å². The van der Waals surface area contributed by atoms with Gasteiger partial charge in [-0.2, -0.15) is 114 Å². The maximum absolute atomic E-state index is 14.1. The highest BCUT2D eigenvalue weighted by Crippen LogP contribution is 2.62. The highest BCUT2D eigenvalue weighted by molar-refractivity contribution is 7.80. The average Bonchev–Trinajstić information content (AvgIpc) is 2.90. The van der Waals surface area contributed by atoms with Gasteiger partial charge in [0.05, 0.1) is 6.42 Å². The molecule has 51 heavy (non-hydrogen) atoms. The Morgan fingerprint density at radius 2 is 0.667 bits per heavy atom. The van der Waals surface area contributed by atoms with Crippen LogP contribution in [0.1, 0.15) is 20.3 Å². The van der Waals surface area contributed by atoms with E-state index in [0.717, 1.165) is 0 Å². The molecule has 0 fully saturated rings. The van der Waals surface area contributed by atoms with Crippen LogP contribution in [-0.4, -0.2) is 105 Å². The molecule has 0 heterocycles. The molecule has 0 aromatic rings. The molecule has 0 saturated carbocycles. The van der Waals surface area contributed by atoms with E-state index in [1.54, 1.807) is 0 Å². The third-order valence-electron chi connectivity index (χ3n) is 6.17. The third-order valence-corrected chi connectivity index (χ3v) is 6.80. The zero-order valence-electron chi connectivity index (χ0n) is 23.3. The second kappa shape index (κ2) is 13.6. The number of hydrogen-bond donors (Lipinski definition) is 1. The van der Waals surface area contributed by atoms with Crippen molar-refractivity contribution in [2.24, 2.45) is 0 Å². The Bertz CT molecular complexity index is 1270. The molecule has 1 N–H and O–H groups in total. The van der Waals surface area contributed by atoms with Crippen LogP contribution in [0.3, 0.4) is 0 Å². The number of aliphatic hydroxyl groups excluding tert-OH is 1. The summed E-state index contributed by atoms with van der Waals surface area (Å²) < 4.78 is 352. The molecule has 0 aliphatic rings. The van der Waals surface area contributed by atoms with Crippen LogP contribution in [0.4, 0.5) is 114 Å². The van der Waals surface area contributed by atoms with Gasteiger partial charge in [-0.25, -0.2) is 0 Å². The van der Waals surface area contributed by atoms with Gasteiger partial charge < -0.3 is 14.6 Å². The summed E-state index contributed by atoms with van der Waals surface area (Å²) in [6.07, 6.45) is -29.0. The number of hydrogen-bond acceptors (Lipinski definition) is 5. The molecule has 304 valence electrons. The zero-order valence-corrected chi connectivity index (χ0v) is 25.0. The minimum atomic E-state index is -8.34. The van der Waals surface area contributed by atoms with Crippen molar-refractivity contribution >= 4 is 34.5 Å². The maximum Gasteiger partial charge on any atom is 0.460 e. The van der Waals surface area contributed by atoms with Gasteiger partial charge in [-0.15, -0.1) is 0 Å². The van der Waals surface area contributed by atoms with Gasteiger partial charge in [-0.05, 0) is 38.3 Å². The molecule has 0 rings (SSSR count). The van der Waals surface area contributed by atoms with Crippen molar-refractivity contribution in [2.75, 3.05) is 0 Å². The number of ether oxygens (including phenoxy) is 2. The quantitative estimate of drug-likeness (QED) is 0.131. The van der Waals surface area contributed by atoms with Crippen molar-refractivity contribution in [3.05, 3.63) is 0 Å². The lowest BCUT2D eigenvalue weighted by Crippen LogP contribution is -2.71. The highest BCUT2D eigenvalue weighted by Gasteiger charge is 2.92. The van der Waals surface area contributed by atoms with E-state index in [0.29, 0.717) is 0 Å². The summed E-state index contributed by atoms with van der Waals surface area (Å²) in [6.45, 7) is -1.11. The summed E-state index contributed by atoms with van der Waals surface area (Å²) in [5.74, 6) is -79.4. The summed E-state index contributed by atoms with van der Waals surface area (Å²) in [5.41, 5.74) is 0. The van der Waals surface area contributed by atoms with Gasteiger partial charge in [0.15, 0.2) is 22.3 Å². The van der Waals surface area contributed by atoms with Gasteiger partial charge in [0.25, 0.3) is 0 Å². The van der Waals surface area contributed by atoms with Crippen molar-refractivity contribution < 1.29 is 129 Å². The summed E-state index contributed by atoms with van der Waals surface area (Å²) in [4.78, 5) is 0. The molecule has 0 aliphatic heterocycles. The van der Waals surface area contributed by atoms with Crippen LogP contribution >= 0.6 is 24.4 Å². The summed E-state index contributed by atoms with van der Waals surface area (Å²) in [5, 5.41) is 5.56. The molecule has 0 saturated heterocycles. The van der Waals surface area contributed by atoms with Gasteiger partial charge in [0.2, 0.25) is 0 Å². The normalized spacial score (nSPS) is 17.5. The first kappa shape index (κ1) is 48.9. The highest BCUT2D eigenvalue weighted by atomic mass is 32.1. The topological polar surface area (TPSA) is 38.7 Å². The SMILES string of the molecule is CC(OC(=S)CC(O)C(=S)OC(C)C(F)(F)C(F)(F)C(F)(F)C(F)(F)C(F)(F)C(F)(F)F)C(F)(F)C(F)(F)C(F)(F)C(F)(F)C(F)(F)C(F)(F)F. The van der Waals surface area contributed by atoms with Crippen molar-refractivity contribution in [1.82, 2.24) is 0 Å². The summed E-state index contributed by atoms with van der Waals surface area (Å²) >= 11 is 7.96. The number of halogens is 26. The van der Waals surface area contributed by atoms with Gasteiger partial charge in [-0.3, -0.25) is 0 Å². The predicted molar refractivity (Wildman–Crippen MR) is 118 cm³/mol. The number of thiocarbonyl (C=S) groups is 2. The Hall–Kier alpha value is -2.08. The lowest BCUT2D eigenvalue weighted by molar-refractivity contribution is -0.443. The van der Waals surface area contributed by atoms with Crippen LogP contribution in [0, 0.1) is 0 Å². The summed E-state index contributed by atoms with van der Waals surface area (Å²) in [7, 11) is 0. The van der Waals surface area contributed by atoms with Crippen LogP contribution < -0.4 is 0 Å². The third kappa shape index (κ3) is 7.52. The lowest BCUT2D eigenvalue weighted by Gasteiger charge is -2.41. The van der Waals surface area contributed by atoms with E-state index in [2.05, 4.69) is 33.9 Å². The molecule has 0 bridgehead atoms. The number of aliphatic hydroxyl groups is 1. The fourth-order valence-electron chi connectivity index (χ4n) is 2.96. The van der Waals surface area contributed by atoms with Gasteiger partial charge in [0, 0.05) is 0 Å². The first-order chi connectivity index (χ1) is 21.7. The maximum atomic E-state index is 14.1. The monoisotopic (exact) mass is 858 g/mol. The predicted octanol–water partition coefficient (Wildman–Crippen LogP) is 9.68.